The van der Waals surface area contributed by atoms with Crippen LogP contribution >= 0.6 is 34.5 Å². The number of carbonyl (C=O) groups excluding carboxylic acids is 1. The summed E-state index contributed by atoms with van der Waals surface area (Å²) >= 11 is 13.3. The molecule has 166 valence electrons. The number of rotatable bonds is 6. The fourth-order valence-electron chi connectivity index (χ4n) is 3.57. The summed E-state index contributed by atoms with van der Waals surface area (Å²) < 4.78 is 7.33. The number of fused-ring (bicyclic) bond motifs is 3. The second-order valence-electron chi connectivity index (χ2n) is 7.49. The van der Waals surface area contributed by atoms with Crippen molar-refractivity contribution in [2.24, 2.45) is 4.99 Å². The summed E-state index contributed by atoms with van der Waals surface area (Å²) in [7, 11) is 0. The SMILES string of the molecule is Cc1sc2c(c1C)C(c1ccc(Cl)cc1)=N[C@@H](CC(=N)OCC(=O)CCl)c1nnc(C)n1-2. The van der Waals surface area contributed by atoms with E-state index in [1.165, 1.54) is 4.88 Å². The normalized spacial score (nSPS) is 14.9. The molecule has 1 aromatic carbocycles. The van der Waals surface area contributed by atoms with E-state index in [1.807, 2.05) is 35.8 Å². The third kappa shape index (κ3) is 4.22. The fourth-order valence-corrected chi connectivity index (χ4v) is 4.99. The highest BCUT2D eigenvalue weighted by atomic mass is 35.5. The lowest BCUT2D eigenvalue weighted by Crippen LogP contribution is -2.17. The summed E-state index contributed by atoms with van der Waals surface area (Å²) in [5.74, 6) is 0.880. The van der Waals surface area contributed by atoms with E-state index in [0.717, 1.165) is 33.2 Å². The molecule has 0 spiro atoms. The summed E-state index contributed by atoms with van der Waals surface area (Å²) in [5.41, 5.74) is 3.88. The van der Waals surface area contributed by atoms with Crippen molar-refractivity contribution in [3.8, 4) is 5.00 Å². The molecule has 1 N–H and O–H groups in total. The molecule has 3 heterocycles. The Morgan fingerprint density at radius 2 is 1.94 bits per heavy atom. The average molecular weight is 490 g/mol. The van der Waals surface area contributed by atoms with Crippen LogP contribution in [0.2, 0.25) is 5.02 Å². The lowest BCUT2D eigenvalue weighted by Gasteiger charge is -2.14. The van der Waals surface area contributed by atoms with Crippen LogP contribution in [0.4, 0.5) is 0 Å². The Morgan fingerprint density at radius 1 is 1.22 bits per heavy atom. The number of hydrogen-bond acceptors (Lipinski definition) is 7. The van der Waals surface area contributed by atoms with Gasteiger partial charge in [-0.2, -0.15) is 0 Å². The van der Waals surface area contributed by atoms with E-state index in [1.54, 1.807) is 11.3 Å². The van der Waals surface area contributed by atoms with Crippen molar-refractivity contribution in [2.75, 3.05) is 12.5 Å². The summed E-state index contributed by atoms with van der Waals surface area (Å²) in [6, 6.07) is 7.03. The van der Waals surface area contributed by atoms with Gasteiger partial charge in [-0.15, -0.1) is 33.1 Å². The first-order chi connectivity index (χ1) is 15.3. The van der Waals surface area contributed by atoms with Gasteiger partial charge in [0, 0.05) is 21.0 Å². The minimum atomic E-state index is -0.514. The van der Waals surface area contributed by atoms with Crippen molar-refractivity contribution in [3.05, 3.63) is 62.5 Å². The van der Waals surface area contributed by atoms with Gasteiger partial charge in [0.05, 0.1) is 18.0 Å². The van der Waals surface area contributed by atoms with E-state index in [2.05, 4.69) is 24.0 Å². The molecule has 0 bridgehead atoms. The van der Waals surface area contributed by atoms with Gasteiger partial charge in [0.15, 0.2) is 17.5 Å². The van der Waals surface area contributed by atoms with Gasteiger partial charge in [0.2, 0.25) is 0 Å². The molecule has 0 amide bonds. The van der Waals surface area contributed by atoms with Crippen LogP contribution in [0.15, 0.2) is 29.3 Å². The number of ketones is 1. The van der Waals surface area contributed by atoms with Crippen molar-refractivity contribution in [3.63, 3.8) is 0 Å². The number of alkyl halides is 1. The first-order valence-corrected chi connectivity index (χ1v) is 11.7. The van der Waals surface area contributed by atoms with E-state index >= 15 is 0 Å². The maximum absolute atomic E-state index is 11.5. The predicted molar refractivity (Wildman–Crippen MR) is 127 cm³/mol. The van der Waals surface area contributed by atoms with Gasteiger partial charge in [-0.05, 0) is 38.5 Å². The molecule has 0 saturated carbocycles. The van der Waals surface area contributed by atoms with Crippen LogP contribution in [0.3, 0.4) is 0 Å². The summed E-state index contributed by atoms with van der Waals surface area (Å²) in [6.45, 7) is 5.83. The molecule has 10 heteroatoms. The van der Waals surface area contributed by atoms with Gasteiger partial charge in [-0.3, -0.25) is 19.8 Å². The highest BCUT2D eigenvalue weighted by Gasteiger charge is 2.32. The van der Waals surface area contributed by atoms with Crippen LogP contribution in [-0.4, -0.2) is 44.6 Å². The molecule has 1 aliphatic heterocycles. The molecule has 32 heavy (non-hydrogen) atoms. The Labute approximate surface area is 199 Å². The van der Waals surface area contributed by atoms with E-state index in [-0.39, 0.29) is 30.6 Å². The van der Waals surface area contributed by atoms with Crippen LogP contribution in [0, 0.1) is 26.2 Å². The molecule has 2 aromatic heterocycles. The first kappa shape index (κ1) is 22.6. The van der Waals surface area contributed by atoms with Crippen LogP contribution < -0.4 is 0 Å². The van der Waals surface area contributed by atoms with Gasteiger partial charge in [-0.1, -0.05) is 23.7 Å². The Hall–Kier alpha value is -2.55. The second-order valence-corrected chi connectivity index (χ2v) is 9.40. The lowest BCUT2D eigenvalue weighted by atomic mass is 9.99. The molecular weight excluding hydrogens is 469 g/mol. The van der Waals surface area contributed by atoms with Gasteiger partial charge in [-0.25, -0.2) is 0 Å². The molecule has 0 radical (unpaired) electrons. The molecule has 0 saturated heterocycles. The van der Waals surface area contributed by atoms with E-state index in [0.29, 0.717) is 10.8 Å². The van der Waals surface area contributed by atoms with Gasteiger partial charge < -0.3 is 4.74 Å². The number of hydrogen-bond donors (Lipinski definition) is 1. The van der Waals surface area contributed by atoms with Crippen molar-refractivity contribution >= 4 is 51.9 Å². The maximum atomic E-state index is 11.5. The van der Waals surface area contributed by atoms with Gasteiger partial charge in [0.1, 0.15) is 23.5 Å². The number of carbonyl (C=O) groups is 1. The zero-order valence-corrected chi connectivity index (χ0v) is 20.1. The molecule has 7 nitrogen and oxygen atoms in total. The molecule has 4 rings (SSSR count). The van der Waals surface area contributed by atoms with Crippen LogP contribution in [0.5, 0.6) is 0 Å². The number of aromatic nitrogens is 3. The Bertz CT molecular complexity index is 1230. The lowest BCUT2D eigenvalue weighted by molar-refractivity contribution is -0.119. The molecule has 1 atom stereocenters. The number of nitrogens with zero attached hydrogens (tertiary/aromatic N) is 4. The van der Waals surface area contributed by atoms with E-state index in [4.69, 9.17) is 38.3 Å². The summed E-state index contributed by atoms with van der Waals surface area (Å²) in [6.07, 6.45) is 0.137. The third-order valence-corrected chi connectivity index (χ3v) is 7.03. The Balaban J connectivity index is 1.83. The number of benzene rings is 1. The van der Waals surface area contributed by atoms with Gasteiger partial charge in [0.25, 0.3) is 0 Å². The second kappa shape index (κ2) is 9.13. The number of aliphatic imine (C=N–C) groups is 1. The van der Waals surface area contributed by atoms with Crippen molar-refractivity contribution in [1.29, 1.82) is 5.41 Å². The maximum Gasteiger partial charge on any atom is 0.184 e. The molecule has 0 fully saturated rings. The number of aryl methyl sites for hydroxylation is 2. The molecular formula is C22H21Cl2N5O2S. The monoisotopic (exact) mass is 489 g/mol. The largest absolute Gasteiger partial charge is 0.473 e. The topological polar surface area (TPSA) is 93.2 Å². The Kier molecular flexibility index (Phi) is 6.46. The predicted octanol–water partition coefficient (Wildman–Crippen LogP) is 4.99. The number of thiophene rings is 1. The van der Waals surface area contributed by atoms with Crippen molar-refractivity contribution in [2.45, 2.75) is 33.2 Å². The number of nitrogens with one attached hydrogen (secondary N) is 1. The van der Waals surface area contributed by atoms with Crippen LogP contribution in [0.25, 0.3) is 5.00 Å². The number of ether oxygens (including phenoxy) is 1. The standard InChI is InChI=1S/C22H21Cl2N5O2S/c1-11-12(2)32-22-19(11)20(14-4-6-15(24)7-5-14)26-17(21-28-27-13(3)29(21)22)8-18(25)31-10-16(30)9-23/h4-7,17,25H,8-10H2,1-3H3/t17-/m0/s1. The zero-order valence-electron chi connectivity index (χ0n) is 17.8. The highest BCUT2D eigenvalue weighted by molar-refractivity contribution is 7.15. The molecule has 3 aromatic rings. The minimum Gasteiger partial charge on any atom is -0.473 e. The Morgan fingerprint density at radius 3 is 2.62 bits per heavy atom. The number of halogens is 2. The van der Waals surface area contributed by atoms with Crippen molar-refractivity contribution in [1.82, 2.24) is 14.8 Å². The highest BCUT2D eigenvalue weighted by Crippen LogP contribution is 2.39. The fraction of sp³-hybridized carbons (Fsp3) is 0.318. The molecule has 1 aliphatic rings. The third-order valence-electron chi connectivity index (χ3n) is 5.29. The van der Waals surface area contributed by atoms with Gasteiger partial charge >= 0.3 is 0 Å². The van der Waals surface area contributed by atoms with Crippen molar-refractivity contribution < 1.29 is 9.53 Å². The van der Waals surface area contributed by atoms with E-state index in [9.17, 15) is 4.79 Å². The average Bonchev–Trinajstić information content (AvgIpc) is 3.25. The van der Waals surface area contributed by atoms with E-state index < -0.39 is 6.04 Å². The zero-order chi connectivity index (χ0) is 23.0. The minimum absolute atomic E-state index is 0.0574. The summed E-state index contributed by atoms with van der Waals surface area (Å²) in [4.78, 5) is 17.7. The molecule has 0 unspecified atom stereocenters. The first-order valence-electron chi connectivity index (χ1n) is 9.94. The van der Waals surface area contributed by atoms with Crippen LogP contribution in [-0.2, 0) is 9.53 Å². The van der Waals surface area contributed by atoms with Crippen LogP contribution in [0.1, 0.15) is 45.7 Å². The quantitative estimate of drug-likeness (QED) is 0.299. The summed E-state index contributed by atoms with van der Waals surface area (Å²) in [5, 5.41) is 18.6. The molecule has 0 aliphatic carbocycles. The number of Topliss-reactive ketones (excluding diaryl/α,β-unsaturated/α-hetero) is 1. The smallest absolute Gasteiger partial charge is 0.184 e.